The van der Waals surface area contributed by atoms with Crippen molar-refractivity contribution in [2.45, 2.75) is 6.92 Å². The molecule has 2 heterocycles. The normalized spacial score (nSPS) is 15.4. The van der Waals surface area contributed by atoms with Crippen LogP contribution in [0.4, 0.5) is 5.69 Å². The number of halogens is 1. The molecule has 156 valence electrons. The first kappa shape index (κ1) is 20.8. The van der Waals surface area contributed by atoms with Gasteiger partial charge in [0.2, 0.25) is 0 Å². The molecule has 8 heteroatoms. The van der Waals surface area contributed by atoms with E-state index in [1.165, 1.54) is 4.90 Å². The van der Waals surface area contributed by atoms with Crippen LogP contribution in [0.5, 0.6) is 5.75 Å². The van der Waals surface area contributed by atoms with Gasteiger partial charge in [0.1, 0.15) is 11.3 Å². The summed E-state index contributed by atoms with van der Waals surface area (Å²) in [5.41, 5.74) is 2.04. The van der Waals surface area contributed by atoms with Gasteiger partial charge in [0.05, 0.1) is 12.3 Å². The highest BCUT2D eigenvalue weighted by molar-refractivity contribution is 7.80. The third-order valence-corrected chi connectivity index (χ3v) is 5.22. The summed E-state index contributed by atoms with van der Waals surface area (Å²) in [6, 6.07) is 17.9. The van der Waals surface area contributed by atoms with Gasteiger partial charge >= 0.3 is 0 Å². The number of hydrogen-bond acceptors (Lipinski definition) is 4. The van der Waals surface area contributed by atoms with Crippen molar-refractivity contribution in [3.8, 4) is 11.4 Å². The first-order valence-electron chi connectivity index (χ1n) is 9.55. The maximum absolute atomic E-state index is 13.2. The summed E-state index contributed by atoms with van der Waals surface area (Å²) < 4.78 is 7.30. The van der Waals surface area contributed by atoms with Gasteiger partial charge in [-0.1, -0.05) is 11.6 Å². The van der Waals surface area contributed by atoms with Crippen LogP contribution < -0.4 is 15.0 Å². The molecule has 3 aromatic rings. The molecule has 0 aliphatic carbocycles. The maximum Gasteiger partial charge on any atom is 0.270 e. The molecule has 0 unspecified atom stereocenters. The van der Waals surface area contributed by atoms with Crippen LogP contribution in [0.15, 0.2) is 72.4 Å². The Balaban J connectivity index is 1.69. The average molecular weight is 452 g/mol. The lowest BCUT2D eigenvalue weighted by molar-refractivity contribution is -0.122. The number of anilines is 1. The van der Waals surface area contributed by atoms with Crippen molar-refractivity contribution in [2.24, 2.45) is 0 Å². The number of amides is 2. The monoisotopic (exact) mass is 451 g/mol. The van der Waals surface area contributed by atoms with E-state index in [-0.39, 0.29) is 10.7 Å². The molecule has 1 fully saturated rings. The smallest absolute Gasteiger partial charge is 0.270 e. The second-order valence-electron chi connectivity index (χ2n) is 6.66. The van der Waals surface area contributed by atoms with Gasteiger partial charge in [-0.05, 0) is 85.9 Å². The van der Waals surface area contributed by atoms with Gasteiger partial charge in [-0.15, -0.1) is 0 Å². The van der Waals surface area contributed by atoms with Crippen molar-refractivity contribution in [3.63, 3.8) is 0 Å². The van der Waals surface area contributed by atoms with Crippen LogP contribution in [-0.4, -0.2) is 28.1 Å². The quantitative estimate of drug-likeness (QED) is 0.355. The lowest BCUT2D eigenvalue weighted by Gasteiger charge is -2.29. The minimum Gasteiger partial charge on any atom is -0.494 e. The van der Waals surface area contributed by atoms with Crippen LogP contribution in [0.25, 0.3) is 11.8 Å². The second kappa shape index (κ2) is 8.75. The number of ether oxygens (including phenoxy) is 1. The second-order valence-corrected chi connectivity index (χ2v) is 7.49. The van der Waals surface area contributed by atoms with Gasteiger partial charge in [0.25, 0.3) is 11.8 Å². The Labute approximate surface area is 189 Å². The Hall–Kier alpha value is -3.42. The zero-order valence-electron chi connectivity index (χ0n) is 16.5. The Bertz CT molecular complexity index is 1180. The lowest BCUT2D eigenvalue weighted by atomic mass is 10.1. The highest BCUT2D eigenvalue weighted by Gasteiger charge is 2.34. The minimum atomic E-state index is -0.541. The summed E-state index contributed by atoms with van der Waals surface area (Å²) in [6.45, 7) is 2.43. The van der Waals surface area contributed by atoms with E-state index in [4.69, 9.17) is 28.6 Å². The van der Waals surface area contributed by atoms with Crippen LogP contribution in [0.3, 0.4) is 0 Å². The van der Waals surface area contributed by atoms with Gasteiger partial charge in [-0.25, -0.2) is 0 Å². The molecule has 1 N–H and O–H groups in total. The molecule has 0 bridgehead atoms. The molecule has 0 saturated carbocycles. The van der Waals surface area contributed by atoms with Crippen molar-refractivity contribution in [3.05, 3.63) is 83.2 Å². The third kappa shape index (κ3) is 4.23. The van der Waals surface area contributed by atoms with Crippen LogP contribution in [0, 0.1) is 0 Å². The Morgan fingerprint density at radius 1 is 1.03 bits per heavy atom. The largest absolute Gasteiger partial charge is 0.494 e. The van der Waals surface area contributed by atoms with Crippen molar-refractivity contribution in [1.29, 1.82) is 0 Å². The number of aromatic nitrogens is 1. The molecule has 1 aliphatic heterocycles. The standard InChI is InChI=1S/C23H18ClN3O3S/c1-2-30-19-11-9-17(10-12-19)27-22(29)20(21(28)25-23(27)31)14-18-4-3-13-26(18)16-7-5-15(24)6-8-16/h3-14H,2H2,1H3,(H,25,28,31)/b20-14-. The first-order valence-corrected chi connectivity index (χ1v) is 10.3. The number of thiocarbonyl (C=S) groups is 1. The SMILES string of the molecule is CCOc1ccc(N2C(=O)/C(=C\c3cccn3-c3ccc(Cl)cc3)C(=O)NC2=S)cc1. The molecule has 1 aliphatic rings. The van der Waals surface area contributed by atoms with Crippen LogP contribution in [-0.2, 0) is 9.59 Å². The fraction of sp³-hybridized carbons (Fsp3) is 0.0870. The minimum absolute atomic E-state index is 0.0172. The van der Waals surface area contributed by atoms with E-state index in [9.17, 15) is 9.59 Å². The molecule has 0 atom stereocenters. The number of hydrogen-bond donors (Lipinski definition) is 1. The Morgan fingerprint density at radius 3 is 2.39 bits per heavy atom. The fourth-order valence-electron chi connectivity index (χ4n) is 3.25. The molecule has 2 amide bonds. The molecule has 0 spiro atoms. The highest BCUT2D eigenvalue weighted by atomic mass is 35.5. The van der Waals surface area contributed by atoms with Gasteiger partial charge in [0.15, 0.2) is 5.11 Å². The number of benzene rings is 2. The van der Waals surface area contributed by atoms with Crippen LogP contribution in [0.2, 0.25) is 5.02 Å². The van der Waals surface area contributed by atoms with E-state index < -0.39 is 11.8 Å². The number of nitrogens with zero attached hydrogens (tertiary/aromatic N) is 2. The number of carbonyl (C=O) groups is 2. The van der Waals surface area contributed by atoms with E-state index in [2.05, 4.69) is 5.32 Å². The molecule has 6 nitrogen and oxygen atoms in total. The predicted octanol–water partition coefficient (Wildman–Crippen LogP) is 4.36. The fourth-order valence-corrected chi connectivity index (χ4v) is 3.65. The van der Waals surface area contributed by atoms with E-state index in [0.29, 0.717) is 28.8 Å². The highest BCUT2D eigenvalue weighted by Crippen LogP contribution is 2.25. The topological polar surface area (TPSA) is 63.6 Å². The zero-order valence-corrected chi connectivity index (χ0v) is 18.1. The summed E-state index contributed by atoms with van der Waals surface area (Å²) in [7, 11) is 0. The molecule has 1 aromatic heterocycles. The van der Waals surface area contributed by atoms with E-state index in [0.717, 1.165) is 5.69 Å². The van der Waals surface area contributed by atoms with Gasteiger partial charge in [-0.3, -0.25) is 19.8 Å². The van der Waals surface area contributed by atoms with Gasteiger partial charge < -0.3 is 9.30 Å². The molecule has 2 aromatic carbocycles. The summed E-state index contributed by atoms with van der Waals surface area (Å²) in [6.07, 6.45) is 3.39. The van der Waals surface area contributed by atoms with E-state index in [1.807, 2.05) is 42.0 Å². The zero-order chi connectivity index (χ0) is 22.0. The number of rotatable bonds is 5. The molecule has 4 rings (SSSR count). The van der Waals surface area contributed by atoms with Crippen molar-refractivity contribution in [1.82, 2.24) is 9.88 Å². The summed E-state index contributed by atoms with van der Waals surface area (Å²) in [5, 5.41) is 3.25. The third-order valence-electron chi connectivity index (χ3n) is 4.68. The van der Waals surface area contributed by atoms with Gasteiger partial charge in [-0.2, -0.15) is 0 Å². The predicted molar refractivity (Wildman–Crippen MR) is 125 cm³/mol. The van der Waals surface area contributed by atoms with E-state index in [1.54, 1.807) is 42.5 Å². The molecule has 31 heavy (non-hydrogen) atoms. The maximum atomic E-state index is 13.2. The van der Waals surface area contributed by atoms with Crippen molar-refractivity contribution in [2.75, 3.05) is 11.5 Å². The van der Waals surface area contributed by atoms with Crippen LogP contribution in [0.1, 0.15) is 12.6 Å². The van der Waals surface area contributed by atoms with Crippen LogP contribution >= 0.6 is 23.8 Å². The van der Waals surface area contributed by atoms with Crippen molar-refractivity contribution >= 4 is 52.5 Å². The van der Waals surface area contributed by atoms with Crippen molar-refractivity contribution < 1.29 is 14.3 Å². The number of carbonyl (C=O) groups excluding carboxylic acids is 2. The average Bonchev–Trinajstić information content (AvgIpc) is 3.21. The summed E-state index contributed by atoms with van der Waals surface area (Å²) >= 11 is 11.2. The summed E-state index contributed by atoms with van der Waals surface area (Å²) in [5.74, 6) is -0.356. The molecular weight excluding hydrogens is 434 g/mol. The summed E-state index contributed by atoms with van der Waals surface area (Å²) in [4.78, 5) is 27.1. The molecular formula is C23H18ClN3O3S. The molecule has 1 saturated heterocycles. The number of nitrogens with one attached hydrogen (secondary N) is 1. The first-order chi connectivity index (χ1) is 15.0. The molecule has 0 radical (unpaired) electrons. The Kier molecular flexibility index (Phi) is 5.88. The van der Waals surface area contributed by atoms with Gasteiger partial charge in [0, 0.05) is 22.6 Å². The van der Waals surface area contributed by atoms with E-state index >= 15 is 0 Å². The lowest BCUT2D eigenvalue weighted by Crippen LogP contribution is -2.54. The Morgan fingerprint density at radius 2 is 1.71 bits per heavy atom.